The summed E-state index contributed by atoms with van der Waals surface area (Å²) >= 11 is 0. The van der Waals surface area contributed by atoms with Crippen molar-refractivity contribution >= 4 is 23.7 Å². The summed E-state index contributed by atoms with van der Waals surface area (Å²) in [7, 11) is 0. The Morgan fingerprint density at radius 3 is 0.915 bits per heavy atom. The molecule has 59 heavy (non-hydrogen) atoms. The van der Waals surface area contributed by atoms with Crippen molar-refractivity contribution in [2.24, 2.45) is 0 Å². The van der Waals surface area contributed by atoms with Crippen LogP contribution in [-0.4, -0.2) is 181 Å². The number of esters is 2. The number of hydrogen-bond donors (Lipinski definition) is 1. The minimum absolute atomic E-state index is 0.0108. The first kappa shape index (κ1) is 53.5. The molecule has 1 aromatic carbocycles. The molecule has 1 N–H and O–H groups in total. The second kappa shape index (κ2) is 36.4. The Hall–Kier alpha value is -3.49. The Morgan fingerprint density at radius 1 is 0.339 bits per heavy atom. The number of carboxylic acids is 1. The van der Waals surface area contributed by atoms with E-state index in [0.29, 0.717) is 99.1 Å². The lowest BCUT2D eigenvalue weighted by atomic mass is 10.2. The maximum Gasteiger partial charge on any atom is 0.372 e. The first-order valence-corrected chi connectivity index (χ1v) is 18.5. The van der Waals surface area contributed by atoms with Gasteiger partial charge in [0.05, 0.1) is 158 Å². The van der Waals surface area contributed by atoms with Gasteiger partial charge in [-0.1, -0.05) is 0 Å². The molecule has 18 nitrogen and oxygen atoms in total. The van der Waals surface area contributed by atoms with Crippen LogP contribution in [0.3, 0.4) is 0 Å². The van der Waals surface area contributed by atoms with E-state index in [1.54, 1.807) is 0 Å². The van der Waals surface area contributed by atoms with Crippen LogP contribution in [0.4, 0.5) is 22.0 Å². The minimum atomic E-state index is -2.36. The summed E-state index contributed by atoms with van der Waals surface area (Å²) in [4.78, 5) is 44.3. The van der Waals surface area contributed by atoms with E-state index in [0.717, 1.165) is 0 Å². The summed E-state index contributed by atoms with van der Waals surface area (Å²) < 4.78 is 134. The maximum absolute atomic E-state index is 13.6. The highest BCUT2D eigenvalue weighted by atomic mass is 19.2. The number of Topliss-reactive ketones (excluding diaryl/α,β-unsaturated/α-hetero) is 1. The van der Waals surface area contributed by atoms with Gasteiger partial charge in [0.1, 0.15) is 6.61 Å². The average Bonchev–Trinajstić information content (AvgIpc) is 3.22. The van der Waals surface area contributed by atoms with Crippen LogP contribution in [0.15, 0.2) is 0 Å². The Bertz CT molecular complexity index is 1280. The topological polar surface area (TPSA) is 208 Å². The van der Waals surface area contributed by atoms with Crippen molar-refractivity contribution in [3.8, 4) is 5.75 Å². The third kappa shape index (κ3) is 28.6. The molecule has 0 aliphatic rings. The Kier molecular flexibility index (Phi) is 33.0. The van der Waals surface area contributed by atoms with Crippen molar-refractivity contribution in [3.63, 3.8) is 0 Å². The van der Waals surface area contributed by atoms with Crippen LogP contribution in [-0.2, 0) is 76.0 Å². The van der Waals surface area contributed by atoms with Crippen LogP contribution < -0.4 is 4.74 Å². The molecule has 0 amide bonds. The second-order valence-corrected chi connectivity index (χ2v) is 11.3. The summed E-state index contributed by atoms with van der Waals surface area (Å²) in [5.74, 6) is -17.5. The van der Waals surface area contributed by atoms with Gasteiger partial charge in [-0.05, 0) is 0 Å². The van der Waals surface area contributed by atoms with Crippen molar-refractivity contribution in [2.45, 2.75) is 19.3 Å². The highest BCUT2D eigenvalue weighted by molar-refractivity contribution is 6.32. The van der Waals surface area contributed by atoms with E-state index in [-0.39, 0.29) is 59.3 Å². The average molecular weight is 869 g/mol. The standard InChI is InChI=1S/C36H53F5O18/c37-30-31(38)33(40)35(34(41)32(30)39)59-29(44)3-4-47-5-6-48-7-8-49-9-10-50-11-12-51-13-14-52-15-16-53-17-18-54-19-20-55-21-22-56-23-24-57-25-26-58-28(43)2-1-27(42)36(45)46/h1-26H2,(H,45,46). The fourth-order valence-corrected chi connectivity index (χ4v) is 3.91. The largest absolute Gasteiger partial charge is 0.476 e. The van der Waals surface area contributed by atoms with Crippen LogP contribution in [0.25, 0.3) is 0 Å². The summed E-state index contributed by atoms with van der Waals surface area (Å²) in [5.41, 5.74) is 0. The zero-order chi connectivity index (χ0) is 43.4. The molecule has 1 aromatic rings. The summed E-state index contributed by atoms with van der Waals surface area (Å²) in [6.07, 6.45) is -1.20. The van der Waals surface area contributed by atoms with Crippen LogP contribution in [0.1, 0.15) is 19.3 Å². The quantitative estimate of drug-likeness (QED) is 0.0189. The highest BCUT2D eigenvalue weighted by Crippen LogP contribution is 2.29. The number of benzene rings is 1. The van der Waals surface area contributed by atoms with Gasteiger partial charge >= 0.3 is 17.9 Å². The number of rotatable bonds is 41. The molecular formula is C36H53F5O18. The van der Waals surface area contributed by atoms with Crippen molar-refractivity contribution in [1.82, 2.24) is 0 Å². The molecule has 0 saturated carbocycles. The molecule has 340 valence electrons. The lowest BCUT2D eigenvalue weighted by Crippen LogP contribution is -2.17. The Morgan fingerprint density at radius 2 is 0.610 bits per heavy atom. The zero-order valence-corrected chi connectivity index (χ0v) is 32.7. The lowest BCUT2D eigenvalue weighted by molar-refractivity contribution is -0.151. The van der Waals surface area contributed by atoms with E-state index >= 15 is 0 Å². The third-order valence-corrected chi connectivity index (χ3v) is 6.84. The smallest absolute Gasteiger partial charge is 0.372 e. The Labute approximate surface area is 337 Å². The molecule has 0 heterocycles. The van der Waals surface area contributed by atoms with E-state index in [1.807, 2.05) is 0 Å². The SMILES string of the molecule is O=C(CCC(=O)C(=O)O)OCCOCCOCCOCCOCCOCCOCCOCCOCCOCCOCCOCCC(=O)Oc1c(F)c(F)c(F)c(F)c1F. The number of hydrogen-bond acceptors (Lipinski definition) is 17. The van der Waals surface area contributed by atoms with Gasteiger partial charge in [0.15, 0.2) is 0 Å². The number of carboxylic acid groups (broad SMARTS) is 1. The first-order valence-electron chi connectivity index (χ1n) is 18.5. The highest BCUT2D eigenvalue weighted by Gasteiger charge is 2.28. The van der Waals surface area contributed by atoms with Gasteiger partial charge in [-0.2, -0.15) is 8.78 Å². The molecule has 0 spiro atoms. The van der Waals surface area contributed by atoms with Gasteiger partial charge in [0.2, 0.25) is 40.6 Å². The van der Waals surface area contributed by atoms with E-state index in [2.05, 4.69) is 4.74 Å². The van der Waals surface area contributed by atoms with Gasteiger partial charge in [0.25, 0.3) is 0 Å². The number of ketones is 1. The number of carbonyl (C=O) groups excluding carboxylic acids is 3. The molecule has 0 atom stereocenters. The van der Waals surface area contributed by atoms with Gasteiger partial charge in [-0.15, -0.1) is 0 Å². The van der Waals surface area contributed by atoms with Crippen molar-refractivity contribution in [3.05, 3.63) is 29.1 Å². The monoisotopic (exact) mass is 868 g/mol. The summed E-state index contributed by atoms with van der Waals surface area (Å²) in [5, 5.41) is 8.45. The van der Waals surface area contributed by atoms with E-state index < -0.39 is 71.4 Å². The van der Waals surface area contributed by atoms with Gasteiger partial charge in [-0.3, -0.25) is 14.4 Å². The predicted octanol–water partition coefficient (Wildman–Crippen LogP) is 1.84. The lowest BCUT2D eigenvalue weighted by Gasteiger charge is -2.09. The molecule has 0 aliphatic carbocycles. The number of carbonyl (C=O) groups is 4. The predicted molar refractivity (Wildman–Crippen MR) is 188 cm³/mol. The molecule has 0 bridgehead atoms. The second-order valence-electron chi connectivity index (χ2n) is 11.3. The fourth-order valence-electron chi connectivity index (χ4n) is 3.91. The molecule has 0 aromatic heterocycles. The molecule has 0 saturated heterocycles. The van der Waals surface area contributed by atoms with E-state index in [9.17, 15) is 41.1 Å². The van der Waals surface area contributed by atoms with E-state index in [4.69, 9.17) is 61.9 Å². The number of halogens is 5. The van der Waals surface area contributed by atoms with Gasteiger partial charge in [0, 0.05) is 6.42 Å². The molecule has 23 heteroatoms. The van der Waals surface area contributed by atoms with Gasteiger partial charge in [-0.25, -0.2) is 18.0 Å². The van der Waals surface area contributed by atoms with Crippen LogP contribution >= 0.6 is 0 Å². The van der Waals surface area contributed by atoms with Crippen molar-refractivity contribution in [1.29, 1.82) is 0 Å². The zero-order valence-electron chi connectivity index (χ0n) is 32.7. The molecule has 0 unspecified atom stereocenters. The molecule has 0 fully saturated rings. The normalized spacial score (nSPS) is 11.3. The molecular weight excluding hydrogens is 815 g/mol. The van der Waals surface area contributed by atoms with Crippen LogP contribution in [0.5, 0.6) is 5.75 Å². The molecule has 0 aliphatic heterocycles. The molecule has 1 rings (SSSR count). The number of ether oxygens (including phenoxy) is 13. The third-order valence-electron chi connectivity index (χ3n) is 6.84. The van der Waals surface area contributed by atoms with Crippen molar-refractivity contribution < 1.29 is 108 Å². The van der Waals surface area contributed by atoms with Crippen molar-refractivity contribution in [2.75, 3.05) is 152 Å². The van der Waals surface area contributed by atoms with Gasteiger partial charge < -0.3 is 66.7 Å². The molecule has 0 radical (unpaired) electrons. The fraction of sp³-hybridized carbons (Fsp3) is 0.722. The summed E-state index contributed by atoms with van der Waals surface area (Å²) in [6.45, 7) is 6.71. The van der Waals surface area contributed by atoms with E-state index in [1.165, 1.54) is 0 Å². The van der Waals surface area contributed by atoms with Crippen LogP contribution in [0.2, 0.25) is 0 Å². The van der Waals surface area contributed by atoms with Crippen LogP contribution in [0, 0.1) is 29.1 Å². The summed E-state index contributed by atoms with van der Waals surface area (Å²) in [6, 6.07) is 0. The first-order chi connectivity index (χ1) is 28.6. The maximum atomic E-state index is 13.6. The minimum Gasteiger partial charge on any atom is -0.476 e. The number of aliphatic carboxylic acids is 1. The Balaban J connectivity index is 1.72.